The zero-order valence-electron chi connectivity index (χ0n) is 12.0. The summed E-state index contributed by atoms with van der Waals surface area (Å²) in [5, 5.41) is 4.48. The molecule has 108 valence electrons. The van der Waals surface area contributed by atoms with Crippen LogP contribution < -0.4 is 10.2 Å². The van der Waals surface area contributed by atoms with Crippen LogP contribution in [-0.4, -0.2) is 41.1 Å². The number of anilines is 2. The van der Waals surface area contributed by atoms with Crippen LogP contribution in [0.15, 0.2) is 6.07 Å². The largest absolute Gasteiger partial charge is 0.354 e. The molecule has 2 aromatic rings. The van der Waals surface area contributed by atoms with Crippen molar-refractivity contribution in [3.05, 3.63) is 10.9 Å². The van der Waals surface area contributed by atoms with E-state index in [9.17, 15) is 0 Å². The number of rotatable bonds is 4. The summed E-state index contributed by atoms with van der Waals surface area (Å²) in [4.78, 5) is 14.3. The molecule has 1 N–H and O–H groups in total. The minimum atomic E-state index is 0.762. The first kappa shape index (κ1) is 13.9. The van der Waals surface area contributed by atoms with E-state index in [1.165, 1.54) is 21.8 Å². The molecule has 0 radical (unpaired) electrons. The van der Waals surface area contributed by atoms with Crippen molar-refractivity contribution in [2.24, 2.45) is 0 Å². The van der Waals surface area contributed by atoms with Gasteiger partial charge in [0, 0.05) is 36.0 Å². The summed E-state index contributed by atoms with van der Waals surface area (Å²) in [7, 11) is 0. The summed E-state index contributed by atoms with van der Waals surface area (Å²) in [5.74, 6) is 4.25. The fourth-order valence-corrected chi connectivity index (χ4v) is 4.25. The zero-order chi connectivity index (χ0) is 13.9. The van der Waals surface area contributed by atoms with Crippen LogP contribution in [0.4, 0.5) is 11.8 Å². The normalized spacial score (nSPS) is 15.8. The van der Waals surface area contributed by atoms with Gasteiger partial charge in [0.25, 0.3) is 0 Å². The van der Waals surface area contributed by atoms with E-state index in [0.717, 1.165) is 42.7 Å². The molecule has 0 unspecified atom stereocenters. The first-order valence-corrected chi connectivity index (χ1v) is 9.16. The summed E-state index contributed by atoms with van der Waals surface area (Å²) in [5.41, 5.74) is 0. The van der Waals surface area contributed by atoms with Gasteiger partial charge in [0.1, 0.15) is 10.6 Å². The van der Waals surface area contributed by atoms with Gasteiger partial charge < -0.3 is 10.2 Å². The van der Waals surface area contributed by atoms with E-state index in [1.807, 2.05) is 11.8 Å². The maximum atomic E-state index is 4.76. The number of hydrogen-bond donors (Lipinski definition) is 1. The van der Waals surface area contributed by atoms with Gasteiger partial charge in [-0.15, -0.1) is 11.3 Å². The SMILES string of the molecule is CCNc1nc(N2CCSCC2)c2cc(CC)sc2n1. The van der Waals surface area contributed by atoms with Gasteiger partial charge in [0.2, 0.25) is 5.95 Å². The average molecular weight is 308 g/mol. The third-order valence-electron chi connectivity index (χ3n) is 3.42. The van der Waals surface area contributed by atoms with Crippen molar-refractivity contribution >= 4 is 45.1 Å². The highest BCUT2D eigenvalue weighted by Gasteiger charge is 2.18. The van der Waals surface area contributed by atoms with Crippen molar-refractivity contribution in [1.82, 2.24) is 9.97 Å². The van der Waals surface area contributed by atoms with Crippen LogP contribution in [0.25, 0.3) is 10.2 Å². The number of aromatic nitrogens is 2. The van der Waals surface area contributed by atoms with Crippen molar-refractivity contribution in [2.75, 3.05) is 41.4 Å². The molecule has 1 aliphatic rings. The highest BCUT2D eigenvalue weighted by Crippen LogP contribution is 2.33. The van der Waals surface area contributed by atoms with Gasteiger partial charge in [-0.25, -0.2) is 4.98 Å². The number of thiophene rings is 1. The molecule has 20 heavy (non-hydrogen) atoms. The third kappa shape index (κ3) is 2.72. The van der Waals surface area contributed by atoms with Crippen molar-refractivity contribution in [3.8, 4) is 0 Å². The van der Waals surface area contributed by atoms with Crippen LogP contribution in [0.5, 0.6) is 0 Å². The minimum absolute atomic E-state index is 0.762. The second kappa shape index (κ2) is 6.18. The summed E-state index contributed by atoms with van der Waals surface area (Å²) in [6.45, 7) is 7.29. The summed E-state index contributed by atoms with van der Waals surface area (Å²) < 4.78 is 0. The predicted octanol–water partition coefficient (Wildman–Crippen LogP) is 3.24. The van der Waals surface area contributed by atoms with Crippen LogP contribution in [0.2, 0.25) is 0 Å². The highest BCUT2D eigenvalue weighted by atomic mass is 32.2. The van der Waals surface area contributed by atoms with Crippen molar-refractivity contribution in [3.63, 3.8) is 0 Å². The second-order valence-electron chi connectivity index (χ2n) is 4.79. The van der Waals surface area contributed by atoms with E-state index in [2.05, 4.69) is 35.1 Å². The van der Waals surface area contributed by atoms with E-state index in [1.54, 1.807) is 11.3 Å². The lowest BCUT2D eigenvalue weighted by molar-refractivity contribution is 0.842. The van der Waals surface area contributed by atoms with Crippen LogP contribution in [0.1, 0.15) is 18.7 Å². The van der Waals surface area contributed by atoms with Crippen molar-refractivity contribution in [2.45, 2.75) is 20.3 Å². The molecule has 0 atom stereocenters. The van der Waals surface area contributed by atoms with E-state index < -0.39 is 0 Å². The lowest BCUT2D eigenvalue weighted by Gasteiger charge is -2.28. The van der Waals surface area contributed by atoms with E-state index in [0.29, 0.717) is 0 Å². The molecule has 0 bridgehead atoms. The fourth-order valence-electron chi connectivity index (χ4n) is 2.38. The van der Waals surface area contributed by atoms with Gasteiger partial charge in [0.05, 0.1) is 5.39 Å². The Morgan fingerprint density at radius 3 is 2.75 bits per heavy atom. The Morgan fingerprint density at radius 2 is 2.05 bits per heavy atom. The van der Waals surface area contributed by atoms with Gasteiger partial charge in [-0.2, -0.15) is 16.7 Å². The molecule has 2 aromatic heterocycles. The predicted molar refractivity (Wildman–Crippen MR) is 90.5 cm³/mol. The maximum absolute atomic E-state index is 4.76. The number of nitrogens with zero attached hydrogens (tertiary/aromatic N) is 3. The molecule has 0 spiro atoms. The summed E-state index contributed by atoms with van der Waals surface area (Å²) in [6.07, 6.45) is 1.06. The zero-order valence-corrected chi connectivity index (χ0v) is 13.6. The lowest BCUT2D eigenvalue weighted by Crippen LogP contribution is -2.33. The van der Waals surface area contributed by atoms with Gasteiger partial charge in [-0.3, -0.25) is 0 Å². The molecule has 0 aliphatic carbocycles. The molecular formula is C14H20N4S2. The number of aryl methyl sites for hydroxylation is 1. The van der Waals surface area contributed by atoms with Crippen molar-refractivity contribution < 1.29 is 0 Å². The first-order valence-electron chi connectivity index (χ1n) is 7.18. The van der Waals surface area contributed by atoms with Crippen LogP contribution in [0.3, 0.4) is 0 Å². The van der Waals surface area contributed by atoms with E-state index in [-0.39, 0.29) is 0 Å². The quantitative estimate of drug-likeness (QED) is 0.939. The first-order chi connectivity index (χ1) is 9.81. The summed E-state index contributed by atoms with van der Waals surface area (Å²) in [6, 6.07) is 2.27. The molecule has 4 nitrogen and oxygen atoms in total. The second-order valence-corrected chi connectivity index (χ2v) is 7.13. The smallest absolute Gasteiger partial charge is 0.226 e. The monoisotopic (exact) mass is 308 g/mol. The average Bonchev–Trinajstić information content (AvgIpc) is 2.91. The Balaban J connectivity index is 2.07. The standard InChI is InChI=1S/C14H20N4S2/c1-3-10-9-11-12(18-5-7-19-8-6-18)16-14(15-4-2)17-13(11)20-10/h9H,3-8H2,1-2H3,(H,15,16,17). The van der Waals surface area contributed by atoms with Crippen LogP contribution in [-0.2, 0) is 6.42 Å². The molecule has 3 rings (SSSR count). The minimum Gasteiger partial charge on any atom is -0.354 e. The Morgan fingerprint density at radius 1 is 1.25 bits per heavy atom. The topological polar surface area (TPSA) is 41.1 Å². The van der Waals surface area contributed by atoms with E-state index in [4.69, 9.17) is 4.98 Å². The Kier molecular flexibility index (Phi) is 4.31. The van der Waals surface area contributed by atoms with Gasteiger partial charge in [-0.05, 0) is 19.4 Å². The maximum Gasteiger partial charge on any atom is 0.226 e. The van der Waals surface area contributed by atoms with Gasteiger partial charge >= 0.3 is 0 Å². The molecule has 0 saturated carbocycles. The van der Waals surface area contributed by atoms with Gasteiger partial charge in [0.15, 0.2) is 0 Å². The molecule has 3 heterocycles. The molecular weight excluding hydrogens is 288 g/mol. The Labute approximate surface area is 128 Å². The fraction of sp³-hybridized carbons (Fsp3) is 0.571. The summed E-state index contributed by atoms with van der Waals surface area (Å²) >= 11 is 3.82. The lowest BCUT2D eigenvalue weighted by atomic mass is 10.3. The molecule has 6 heteroatoms. The molecule has 1 fully saturated rings. The number of thioether (sulfide) groups is 1. The molecule has 1 aliphatic heterocycles. The highest BCUT2D eigenvalue weighted by molar-refractivity contribution is 7.99. The molecule has 1 saturated heterocycles. The number of nitrogens with one attached hydrogen (secondary N) is 1. The van der Waals surface area contributed by atoms with E-state index >= 15 is 0 Å². The molecule has 0 aromatic carbocycles. The Bertz CT molecular complexity index is 590. The molecule has 0 amide bonds. The van der Waals surface area contributed by atoms with Crippen LogP contribution >= 0.6 is 23.1 Å². The van der Waals surface area contributed by atoms with Crippen molar-refractivity contribution in [1.29, 1.82) is 0 Å². The number of fused-ring (bicyclic) bond motifs is 1. The third-order valence-corrected chi connectivity index (χ3v) is 5.53. The number of hydrogen-bond acceptors (Lipinski definition) is 6. The van der Waals surface area contributed by atoms with Crippen LogP contribution in [0, 0.1) is 0 Å². The van der Waals surface area contributed by atoms with Gasteiger partial charge in [-0.1, -0.05) is 6.92 Å². The Hall–Kier alpha value is -1.01.